The number of carbonyl (C=O) groups is 1. The van der Waals surface area contributed by atoms with E-state index in [1.165, 1.54) is 6.07 Å². The van der Waals surface area contributed by atoms with Gasteiger partial charge in [-0.3, -0.25) is 4.79 Å². The number of benzene rings is 1. The molecule has 0 heterocycles. The first-order valence-electron chi connectivity index (χ1n) is 5.65. The van der Waals surface area contributed by atoms with Gasteiger partial charge in [0.05, 0.1) is 5.92 Å². The Kier molecular flexibility index (Phi) is 3.13. The number of carboxylic acids is 1. The molecule has 0 bridgehead atoms. The lowest BCUT2D eigenvalue weighted by Gasteiger charge is -2.11. The Morgan fingerprint density at radius 2 is 2.24 bits per heavy atom. The van der Waals surface area contributed by atoms with E-state index in [1.807, 2.05) is 6.92 Å². The Hall–Kier alpha value is -1.45. The van der Waals surface area contributed by atoms with Crippen molar-refractivity contribution >= 4 is 5.97 Å². The summed E-state index contributed by atoms with van der Waals surface area (Å²) >= 11 is 0. The predicted molar refractivity (Wildman–Crippen MR) is 58.5 cm³/mol. The zero-order chi connectivity index (χ0) is 12.6. The van der Waals surface area contributed by atoms with Crippen LogP contribution in [0.4, 0.5) is 8.78 Å². The highest BCUT2D eigenvalue weighted by molar-refractivity contribution is 5.73. The van der Waals surface area contributed by atoms with Gasteiger partial charge < -0.3 is 5.11 Å². The molecule has 4 heteroatoms. The van der Waals surface area contributed by atoms with Gasteiger partial charge in [-0.2, -0.15) is 0 Å². The zero-order valence-electron chi connectivity index (χ0n) is 9.49. The number of aliphatic carboxylic acids is 1. The summed E-state index contributed by atoms with van der Waals surface area (Å²) in [4.78, 5) is 10.7. The second-order valence-electron chi connectivity index (χ2n) is 4.76. The van der Waals surface area contributed by atoms with Gasteiger partial charge >= 0.3 is 5.97 Å². The van der Waals surface area contributed by atoms with Crippen LogP contribution in [-0.4, -0.2) is 11.1 Å². The standard InChI is InChI=1S/C13H14F2O2/c1-7(10-6-11(10)13(16)17)4-8-5-9(14)2-3-12(8)15/h2-3,5,7,10-11H,4,6H2,1H3,(H,16,17). The van der Waals surface area contributed by atoms with Crippen molar-refractivity contribution in [1.82, 2.24) is 0 Å². The number of halogens is 2. The van der Waals surface area contributed by atoms with Crippen LogP contribution < -0.4 is 0 Å². The Bertz CT molecular complexity index is 445. The maximum absolute atomic E-state index is 13.4. The molecule has 3 atom stereocenters. The number of hydrogen-bond acceptors (Lipinski definition) is 1. The van der Waals surface area contributed by atoms with Gasteiger partial charge in [-0.25, -0.2) is 8.78 Å². The Labute approximate surface area is 98.3 Å². The Balaban J connectivity index is 2.02. The maximum Gasteiger partial charge on any atom is 0.306 e. The number of rotatable bonds is 4. The molecular formula is C13H14F2O2. The minimum Gasteiger partial charge on any atom is -0.481 e. The van der Waals surface area contributed by atoms with Crippen LogP contribution in [0, 0.1) is 29.4 Å². The quantitative estimate of drug-likeness (QED) is 0.878. The first-order valence-corrected chi connectivity index (χ1v) is 5.65. The van der Waals surface area contributed by atoms with Crippen molar-refractivity contribution < 1.29 is 18.7 Å². The van der Waals surface area contributed by atoms with E-state index in [9.17, 15) is 13.6 Å². The summed E-state index contributed by atoms with van der Waals surface area (Å²) < 4.78 is 26.3. The largest absolute Gasteiger partial charge is 0.481 e. The summed E-state index contributed by atoms with van der Waals surface area (Å²) in [6.07, 6.45) is 1.03. The summed E-state index contributed by atoms with van der Waals surface area (Å²) in [5, 5.41) is 8.80. The highest BCUT2D eigenvalue weighted by Crippen LogP contribution is 2.45. The van der Waals surface area contributed by atoms with E-state index >= 15 is 0 Å². The number of hydrogen-bond donors (Lipinski definition) is 1. The third-order valence-electron chi connectivity index (χ3n) is 3.44. The van der Waals surface area contributed by atoms with Gasteiger partial charge in [-0.1, -0.05) is 6.92 Å². The molecule has 1 saturated carbocycles. The van der Waals surface area contributed by atoms with E-state index in [-0.39, 0.29) is 17.8 Å². The molecule has 0 radical (unpaired) electrons. The van der Waals surface area contributed by atoms with Crippen LogP contribution in [0.15, 0.2) is 18.2 Å². The van der Waals surface area contributed by atoms with E-state index in [0.717, 1.165) is 12.1 Å². The third kappa shape index (κ3) is 2.62. The molecule has 92 valence electrons. The molecule has 3 unspecified atom stereocenters. The summed E-state index contributed by atoms with van der Waals surface area (Å²) in [6, 6.07) is 3.38. The monoisotopic (exact) mass is 240 g/mol. The molecule has 2 rings (SSSR count). The van der Waals surface area contributed by atoms with Crippen LogP contribution in [0.1, 0.15) is 18.9 Å². The average Bonchev–Trinajstić information content (AvgIpc) is 3.03. The van der Waals surface area contributed by atoms with Crippen LogP contribution in [0.5, 0.6) is 0 Å². The molecule has 1 aromatic carbocycles. The van der Waals surface area contributed by atoms with Crippen molar-refractivity contribution in [3.05, 3.63) is 35.4 Å². The van der Waals surface area contributed by atoms with Crippen LogP contribution in [0.3, 0.4) is 0 Å². The smallest absolute Gasteiger partial charge is 0.306 e. The molecule has 0 spiro atoms. The average molecular weight is 240 g/mol. The summed E-state index contributed by atoms with van der Waals surface area (Å²) in [7, 11) is 0. The van der Waals surface area contributed by atoms with Gasteiger partial charge in [0.1, 0.15) is 11.6 Å². The molecule has 0 saturated heterocycles. The molecule has 17 heavy (non-hydrogen) atoms. The number of carboxylic acid groups (broad SMARTS) is 1. The first kappa shape index (κ1) is 12.0. The van der Waals surface area contributed by atoms with Crippen molar-refractivity contribution in [3.63, 3.8) is 0 Å². The fourth-order valence-corrected chi connectivity index (χ4v) is 2.33. The SMILES string of the molecule is CC(Cc1cc(F)ccc1F)C1CC1C(=O)O. The first-order chi connectivity index (χ1) is 7.99. The highest BCUT2D eigenvalue weighted by atomic mass is 19.1. The van der Waals surface area contributed by atoms with E-state index in [0.29, 0.717) is 18.4 Å². The van der Waals surface area contributed by atoms with Gasteiger partial charge in [-0.05, 0) is 48.4 Å². The molecular weight excluding hydrogens is 226 g/mol. The Morgan fingerprint density at radius 1 is 1.53 bits per heavy atom. The molecule has 0 aliphatic heterocycles. The molecule has 1 fully saturated rings. The zero-order valence-corrected chi connectivity index (χ0v) is 9.49. The lowest BCUT2D eigenvalue weighted by atomic mass is 9.95. The van der Waals surface area contributed by atoms with Gasteiger partial charge in [0.15, 0.2) is 0 Å². The van der Waals surface area contributed by atoms with Crippen LogP contribution in [0.2, 0.25) is 0 Å². The molecule has 1 aliphatic carbocycles. The summed E-state index contributed by atoms with van der Waals surface area (Å²) in [5.41, 5.74) is 0.327. The van der Waals surface area contributed by atoms with Crippen molar-refractivity contribution in [3.8, 4) is 0 Å². The van der Waals surface area contributed by atoms with E-state index in [2.05, 4.69) is 0 Å². The fraction of sp³-hybridized carbons (Fsp3) is 0.462. The Morgan fingerprint density at radius 3 is 2.82 bits per heavy atom. The molecule has 1 aromatic rings. The maximum atomic E-state index is 13.4. The van der Waals surface area contributed by atoms with Gasteiger partial charge in [0.2, 0.25) is 0 Å². The minimum absolute atomic E-state index is 0.0624. The second-order valence-corrected chi connectivity index (χ2v) is 4.76. The van der Waals surface area contributed by atoms with Crippen LogP contribution in [0.25, 0.3) is 0 Å². The minimum atomic E-state index is -0.790. The summed E-state index contributed by atoms with van der Waals surface area (Å²) in [5.74, 6) is -1.82. The summed E-state index contributed by atoms with van der Waals surface area (Å²) in [6.45, 7) is 1.89. The molecule has 0 aromatic heterocycles. The van der Waals surface area contributed by atoms with Gasteiger partial charge in [0, 0.05) is 0 Å². The van der Waals surface area contributed by atoms with Crippen LogP contribution in [-0.2, 0) is 11.2 Å². The van der Waals surface area contributed by atoms with Gasteiger partial charge in [0.25, 0.3) is 0 Å². The topological polar surface area (TPSA) is 37.3 Å². The van der Waals surface area contributed by atoms with Crippen molar-refractivity contribution in [2.75, 3.05) is 0 Å². The van der Waals surface area contributed by atoms with E-state index in [1.54, 1.807) is 0 Å². The van der Waals surface area contributed by atoms with Crippen molar-refractivity contribution in [2.24, 2.45) is 17.8 Å². The van der Waals surface area contributed by atoms with Crippen molar-refractivity contribution in [2.45, 2.75) is 19.8 Å². The normalized spacial score (nSPS) is 24.4. The third-order valence-corrected chi connectivity index (χ3v) is 3.44. The molecule has 2 nitrogen and oxygen atoms in total. The fourth-order valence-electron chi connectivity index (χ4n) is 2.33. The molecule has 1 N–H and O–H groups in total. The van der Waals surface area contributed by atoms with Crippen molar-refractivity contribution in [1.29, 1.82) is 0 Å². The highest BCUT2D eigenvalue weighted by Gasteiger charge is 2.46. The van der Waals surface area contributed by atoms with E-state index in [4.69, 9.17) is 5.11 Å². The predicted octanol–water partition coefficient (Wildman–Crippen LogP) is 2.86. The second kappa shape index (κ2) is 4.43. The van der Waals surface area contributed by atoms with Gasteiger partial charge in [-0.15, -0.1) is 0 Å². The molecule has 0 amide bonds. The lowest BCUT2D eigenvalue weighted by Crippen LogP contribution is -2.09. The molecule has 1 aliphatic rings. The van der Waals surface area contributed by atoms with E-state index < -0.39 is 17.6 Å². The van der Waals surface area contributed by atoms with Crippen LogP contribution >= 0.6 is 0 Å². The lowest BCUT2D eigenvalue weighted by molar-refractivity contribution is -0.139.